The number of piperidine rings is 1. The Balaban J connectivity index is 2.13. The molecule has 1 aromatic heterocycles. The molecule has 1 fully saturated rings. The summed E-state index contributed by atoms with van der Waals surface area (Å²) in [7, 11) is 1.99. The average molecular weight is 282 g/mol. The average Bonchev–Trinajstić information content (AvgIpc) is 2.45. The summed E-state index contributed by atoms with van der Waals surface area (Å²) in [6.07, 6.45) is 5.78. The summed E-state index contributed by atoms with van der Waals surface area (Å²) < 4.78 is 0. The van der Waals surface area contributed by atoms with Crippen LogP contribution in [0.25, 0.3) is 0 Å². The topological polar surface area (TPSA) is 71.2 Å². The number of thioether (sulfide) groups is 1. The molecule has 1 aliphatic heterocycles. The van der Waals surface area contributed by atoms with Crippen molar-refractivity contribution in [1.82, 2.24) is 15.0 Å². The quantitative estimate of drug-likeness (QED) is 0.871. The van der Waals surface area contributed by atoms with Gasteiger partial charge in [0.2, 0.25) is 17.8 Å². The van der Waals surface area contributed by atoms with Crippen molar-refractivity contribution in [2.24, 2.45) is 0 Å². The van der Waals surface area contributed by atoms with Crippen LogP contribution in [0.1, 0.15) is 19.3 Å². The Kier molecular flexibility index (Phi) is 5.07. The number of rotatable bonds is 5. The molecular formula is C12H22N6S. The maximum atomic E-state index is 5.81. The highest BCUT2D eigenvalue weighted by molar-refractivity contribution is 7.98. The summed E-state index contributed by atoms with van der Waals surface area (Å²) in [5.74, 6) is 2.74. The minimum Gasteiger partial charge on any atom is -0.368 e. The van der Waals surface area contributed by atoms with E-state index < -0.39 is 0 Å². The molecule has 0 saturated carbocycles. The Labute approximate surface area is 118 Å². The molecular weight excluding hydrogens is 260 g/mol. The van der Waals surface area contributed by atoms with E-state index in [4.69, 9.17) is 5.73 Å². The zero-order chi connectivity index (χ0) is 13.7. The fraction of sp³-hybridized carbons (Fsp3) is 0.750. The highest BCUT2D eigenvalue weighted by Gasteiger charge is 2.16. The third-order valence-electron chi connectivity index (χ3n) is 3.24. The molecule has 0 amide bonds. The number of nitrogens with zero attached hydrogens (tertiary/aromatic N) is 5. The summed E-state index contributed by atoms with van der Waals surface area (Å²) in [5.41, 5.74) is 5.81. The molecule has 7 heteroatoms. The Bertz CT molecular complexity index is 407. The van der Waals surface area contributed by atoms with Crippen molar-refractivity contribution >= 4 is 29.6 Å². The van der Waals surface area contributed by atoms with Crippen molar-refractivity contribution in [2.45, 2.75) is 19.3 Å². The van der Waals surface area contributed by atoms with Gasteiger partial charge in [0, 0.05) is 32.4 Å². The Morgan fingerprint density at radius 3 is 2.63 bits per heavy atom. The van der Waals surface area contributed by atoms with Gasteiger partial charge < -0.3 is 15.5 Å². The van der Waals surface area contributed by atoms with Crippen LogP contribution in [0.15, 0.2) is 0 Å². The van der Waals surface area contributed by atoms with E-state index in [1.54, 1.807) is 11.8 Å². The zero-order valence-corrected chi connectivity index (χ0v) is 12.5. The molecule has 2 heterocycles. The number of hydrogen-bond donors (Lipinski definition) is 1. The van der Waals surface area contributed by atoms with Crippen LogP contribution in [0.2, 0.25) is 0 Å². The monoisotopic (exact) mass is 282 g/mol. The minimum absolute atomic E-state index is 0.307. The first-order valence-corrected chi connectivity index (χ1v) is 8.06. The summed E-state index contributed by atoms with van der Waals surface area (Å²) in [5, 5.41) is 0. The van der Waals surface area contributed by atoms with Gasteiger partial charge in [-0.25, -0.2) is 0 Å². The third-order valence-corrected chi connectivity index (χ3v) is 3.83. The van der Waals surface area contributed by atoms with Crippen molar-refractivity contribution in [3.8, 4) is 0 Å². The summed E-state index contributed by atoms with van der Waals surface area (Å²) in [6.45, 7) is 2.93. The predicted octanol–water partition coefficient (Wildman–Crippen LogP) is 1.24. The molecule has 0 spiro atoms. The maximum absolute atomic E-state index is 5.81. The normalized spacial score (nSPS) is 15.6. The van der Waals surface area contributed by atoms with Gasteiger partial charge in [0.25, 0.3) is 0 Å². The highest BCUT2D eigenvalue weighted by atomic mass is 32.2. The van der Waals surface area contributed by atoms with Gasteiger partial charge >= 0.3 is 0 Å². The van der Waals surface area contributed by atoms with E-state index in [2.05, 4.69) is 26.1 Å². The maximum Gasteiger partial charge on any atom is 0.231 e. The van der Waals surface area contributed by atoms with Crippen LogP contribution in [0.3, 0.4) is 0 Å². The first-order chi connectivity index (χ1) is 9.20. The lowest BCUT2D eigenvalue weighted by Crippen LogP contribution is -2.32. The molecule has 19 heavy (non-hydrogen) atoms. The molecule has 0 atom stereocenters. The van der Waals surface area contributed by atoms with Gasteiger partial charge in [-0.15, -0.1) is 0 Å². The van der Waals surface area contributed by atoms with E-state index in [-0.39, 0.29) is 0 Å². The fourth-order valence-corrected chi connectivity index (χ4v) is 2.56. The van der Waals surface area contributed by atoms with E-state index in [0.29, 0.717) is 11.9 Å². The number of nitrogen functional groups attached to an aromatic ring is 1. The second kappa shape index (κ2) is 6.79. The SMILES string of the molecule is CSCCN(C)c1nc(N)nc(N2CCCCC2)n1. The van der Waals surface area contributed by atoms with Gasteiger partial charge in [-0.3, -0.25) is 0 Å². The number of aromatic nitrogens is 3. The highest BCUT2D eigenvalue weighted by Crippen LogP contribution is 2.18. The molecule has 106 valence electrons. The van der Waals surface area contributed by atoms with Gasteiger partial charge in [-0.1, -0.05) is 0 Å². The van der Waals surface area contributed by atoms with Gasteiger partial charge in [0.1, 0.15) is 0 Å². The molecule has 1 saturated heterocycles. The molecule has 1 aromatic rings. The van der Waals surface area contributed by atoms with Crippen molar-refractivity contribution < 1.29 is 0 Å². The van der Waals surface area contributed by atoms with E-state index in [1.165, 1.54) is 19.3 Å². The molecule has 2 rings (SSSR count). The Morgan fingerprint density at radius 2 is 1.95 bits per heavy atom. The van der Waals surface area contributed by atoms with Crippen molar-refractivity contribution in [1.29, 1.82) is 0 Å². The fourth-order valence-electron chi connectivity index (χ4n) is 2.10. The first kappa shape index (κ1) is 14.2. The molecule has 6 nitrogen and oxygen atoms in total. The second-order valence-electron chi connectivity index (χ2n) is 4.76. The molecule has 0 aliphatic carbocycles. The first-order valence-electron chi connectivity index (χ1n) is 6.67. The molecule has 0 unspecified atom stereocenters. The lowest BCUT2D eigenvalue weighted by atomic mass is 10.1. The predicted molar refractivity (Wildman–Crippen MR) is 82.0 cm³/mol. The van der Waals surface area contributed by atoms with Crippen LogP contribution >= 0.6 is 11.8 Å². The Morgan fingerprint density at radius 1 is 1.21 bits per heavy atom. The lowest BCUT2D eigenvalue weighted by molar-refractivity contribution is 0.567. The Hall–Kier alpha value is -1.24. The van der Waals surface area contributed by atoms with E-state index in [9.17, 15) is 0 Å². The van der Waals surface area contributed by atoms with Gasteiger partial charge in [-0.2, -0.15) is 26.7 Å². The number of anilines is 3. The standard InChI is InChI=1S/C12H22N6S/c1-17(8-9-19-2)11-14-10(13)15-12(16-11)18-6-4-3-5-7-18/h3-9H2,1-2H3,(H2,13,14,15,16). The molecule has 0 radical (unpaired) electrons. The van der Waals surface area contributed by atoms with Crippen LogP contribution in [0.4, 0.5) is 17.8 Å². The van der Waals surface area contributed by atoms with Crippen molar-refractivity contribution in [2.75, 3.05) is 54.2 Å². The molecule has 0 aromatic carbocycles. The van der Waals surface area contributed by atoms with Crippen LogP contribution in [0, 0.1) is 0 Å². The van der Waals surface area contributed by atoms with Crippen LogP contribution in [0.5, 0.6) is 0 Å². The van der Waals surface area contributed by atoms with Crippen molar-refractivity contribution in [3.63, 3.8) is 0 Å². The lowest BCUT2D eigenvalue weighted by Gasteiger charge is -2.27. The molecule has 0 bridgehead atoms. The van der Waals surface area contributed by atoms with Gasteiger partial charge in [-0.05, 0) is 25.5 Å². The van der Waals surface area contributed by atoms with Crippen molar-refractivity contribution in [3.05, 3.63) is 0 Å². The summed E-state index contributed by atoms with van der Waals surface area (Å²) >= 11 is 1.81. The van der Waals surface area contributed by atoms with E-state index in [0.717, 1.165) is 31.3 Å². The smallest absolute Gasteiger partial charge is 0.231 e. The summed E-state index contributed by atoms with van der Waals surface area (Å²) in [4.78, 5) is 17.3. The summed E-state index contributed by atoms with van der Waals surface area (Å²) in [6, 6.07) is 0. The number of nitrogens with two attached hydrogens (primary N) is 1. The third kappa shape index (κ3) is 3.86. The van der Waals surface area contributed by atoms with Gasteiger partial charge in [0.05, 0.1) is 0 Å². The largest absolute Gasteiger partial charge is 0.368 e. The molecule has 2 N–H and O–H groups in total. The second-order valence-corrected chi connectivity index (χ2v) is 5.74. The van der Waals surface area contributed by atoms with E-state index >= 15 is 0 Å². The van der Waals surface area contributed by atoms with Crippen LogP contribution < -0.4 is 15.5 Å². The molecule has 1 aliphatic rings. The van der Waals surface area contributed by atoms with E-state index in [1.807, 2.05) is 11.9 Å². The minimum atomic E-state index is 0.307. The zero-order valence-electron chi connectivity index (χ0n) is 11.7. The van der Waals surface area contributed by atoms with Gasteiger partial charge in [0.15, 0.2) is 0 Å². The number of hydrogen-bond acceptors (Lipinski definition) is 7. The van der Waals surface area contributed by atoms with Crippen LogP contribution in [-0.4, -0.2) is 53.6 Å². The van der Waals surface area contributed by atoms with Crippen LogP contribution in [-0.2, 0) is 0 Å².